The van der Waals surface area contributed by atoms with E-state index < -0.39 is 0 Å². The third-order valence-corrected chi connectivity index (χ3v) is 6.79. The summed E-state index contributed by atoms with van der Waals surface area (Å²) in [6.45, 7) is 3.80. The van der Waals surface area contributed by atoms with Gasteiger partial charge in [-0.15, -0.1) is 11.3 Å². The Morgan fingerprint density at radius 2 is 1.89 bits per heavy atom. The molecule has 0 radical (unpaired) electrons. The fourth-order valence-electron chi connectivity index (χ4n) is 2.55. The van der Waals surface area contributed by atoms with Crippen LogP contribution in [0.4, 0.5) is 10.3 Å². The minimum absolute atomic E-state index is 0.143. The molecule has 0 saturated carbocycles. The molecule has 0 atom stereocenters. The number of aromatic nitrogens is 2. The molecule has 28 heavy (non-hydrogen) atoms. The Morgan fingerprint density at radius 1 is 1.14 bits per heavy atom. The van der Waals surface area contributed by atoms with E-state index >= 15 is 0 Å². The van der Waals surface area contributed by atoms with Crippen LogP contribution in [0, 0.1) is 0 Å². The number of aryl methyl sites for hydroxylation is 1. The average Bonchev–Trinajstić information content (AvgIpc) is 3.17. The predicted molar refractivity (Wildman–Crippen MR) is 121 cm³/mol. The highest BCUT2D eigenvalue weighted by atomic mass is 35.5. The average molecular weight is 458 g/mol. The molecule has 2 aromatic heterocycles. The molecule has 2 heterocycles. The second-order valence-corrected chi connectivity index (χ2v) is 9.38. The number of benzene rings is 1. The summed E-state index contributed by atoms with van der Waals surface area (Å²) in [6.07, 6.45) is 1.06. The second kappa shape index (κ2) is 9.37. The number of likely N-dealkylation sites (N-methyl/N-ethyl adjacent to an activating group) is 1. The number of nitrogens with zero attached hydrogens (tertiary/aromatic N) is 3. The lowest BCUT2D eigenvalue weighted by Crippen LogP contribution is -2.20. The quantitative estimate of drug-likeness (QED) is 0.509. The second-order valence-electron chi connectivity index (χ2n) is 6.45. The van der Waals surface area contributed by atoms with Gasteiger partial charge in [-0.3, -0.25) is 4.79 Å². The molecule has 3 rings (SSSR count). The molecule has 6 nitrogen and oxygen atoms in total. The van der Waals surface area contributed by atoms with E-state index in [4.69, 9.17) is 23.2 Å². The zero-order chi connectivity index (χ0) is 20.3. The highest BCUT2D eigenvalue weighted by Gasteiger charge is 2.15. The van der Waals surface area contributed by atoms with Crippen molar-refractivity contribution in [2.45, 2.75) is 19.8 Å². The van der Waals surface area contributed by atoms with Crippen LogP contribution in [0.5, 0.6) is 0 Å². The molecule has 150 valence electrons. The molecule has 0 unspecified atom stereocenters. The number of fused-ring (bicyclic) bond motifs is 1. The van der Waals surface area contributed by atoms with E-state index in [0.717, 1.165) is 39.9 Å². The summed E-state index contributed by atoms with van der Waals surface area (Å²) in [5.41, 5.74) is 1.52. The SMILES string of the molecule is CCc1sc(NCCN(C)C)nc1CC(=O)Nc1nc2cc(Cl)c(Cl)cc2s1. The molecule has 2 N–H and O–H groups in total. The van der Waals surface area contributed by atoms with Gasteiger partial charge in [-0.25, -0.2) is 9.97 Å². The first-order valence-corrected chi connectivity index (χ1v) is 11.2. The third kappa shape index (κ3) is 5.33. The van der Waals surface area contributed by atoms with E-state index in [1.54, 1.807) is 23.5 Å². The number of hydrogen-bond donors (Lipinski definition) is 2. The van der Waals surface area contributed by atoms with Gasteiger partial charge in [0.05, 0.1) is 32.4 Å². The lowest BCUT2D eigenvalue weighted by atomic mass is 10.2. The van der Waals surface area contributed by atoms with E-state index in [2.05, 4.69) is 32.4 Å². The first-order chi connectivity index (χ1) is 13.4. The maximum atomic E-state index is 12.5. The highest BCUT2D eigenvalue weighted by Crippen LogP contribution is 2.33. The summed E-state index contributed by atoms with van der Waals surface area (Å²) in [7, 11) is 4.06. The first-order valence-electron chi connectivity index (χ1n) is 8.78. The van der Waals surface area contributed by atoms with Crippen molar-refractivity contribution in [3.05, 3.63) is 32.7 Å². The highest BCUT2D eigenvalue weighted by molar-refractivity contribution is 7.22. The summed E-state index contributed by atoms with van der Waals surface area (Å²) in [5, 5.41) is 8.47. The third-order valence-electron chi connectivity index (χ3n) is 3.94. The number of halogens is 2. The van der Waals surface area contributed by atoms with Crippen LogP contribution >= 0.6 is 45.9 Å². The van der Waals surface area contributed by atoms with Crippen LogP contribution in [-0.4, -0.2) is 48.0 Å². The molecule has 0 bridgehead atoms. The summed E-state index contributed by atoms with van der Waals surface area (Å²) in [4.78, 5) is 24.7. The minimum atomic E-state index is -0.143. The van der Waals surface area contributed by atoms with Crippen molar-refractivity contribution in [3.8, 4) is 0 Å². The van der Waals surface area contributed by atoms with Crippen LogP contribution in [0.15, 0.2) is 12.1 Å². The fourth-order valence-corrected chi connectivity index (χ4v) is 4.79. The van der Waals surface area contributed by atoms with Gasteiger partial charge in [-0.05, 0) is 32.6 Å². The summed E-state index contributed by atoms with van der Waals surface area (Å²) < 4.78 is 0.875. The number of hydrogen-bond acceptors (Lipinski definition) is 7. The Balaban J connectivity index is 1.66. The van der Waals surface area contributed by atoms with E-state index in [-0.39, 0.29) is 12.3 Å². The van der Waals surface area contributed by atoms with E-state index in [0.29, 0.717) is 20.7 Å². The normalized spacial score (nSPS) is 11.4. The molecule has 3 aromatic rings. The molecule has 10 heteroatoms. The van der Waals surface area contributed by atoms with E-state index in [1.165, 1.54) is 11.3 Å². The van der Waals surface area contributed by atoms with Gasteiger partial charge in [0.15, 0.2) is 10.3 Å². The van der Waals surface area contributed by atoms with Crippen LogP contribution in [0.25, 0.3) is 10.2 Å². The van der Waals surface area contributed by atoms with Gasteiger partial charge in [-0.2, -0.15) is 0 Å². The van der Waals surface area contributed by atoms with Crippen molar-refractivity contribution < 1.29 is 4.79 Å². The van der Waals surface area contributed by atoms with Gasteiger partial charge in [0.1, 0.15) is 0 Å². The Bertz CT molecular complexity index is 947. The number of carbonyl (C=O) groups excluding carboxylic acids is 1. The maximum Gasteiger partial charge on any atom is 0.232 e. The molecule has 0 spiro atoms. The van der Waals surface area contributed by atoms with Crippen LogP contribution in [0.3, 0.4) is 0 Å². The van der Waals surface area contributed by atoms with Gasteiger partial charge < -0.3 is 15.5 Å². The fraction of sp³-hybridized carbons (Fsp3) is 0.389. The lowest BCUT2D eigenvalue weighted by molar-refractivity contribution is -0.115. The van der Waals surface area contributed by atoms with E-state index in [1.807, 2.05) is 14.1 Å². The van der Waals surface area contributed by atoms with Gasteiger partial charge >= 0.3 is 0 Å². The molecule has 0 aliphatic carbocycles. The Kier molecular flexibility index (Phi) is 7.11. The molecule has 1 aromatic carbocycles. The largest absolute Gasteiger partial charge is 0.360 e. The van der Waals surface area contributed by atoms with Crippen molar-refractivity contribution >= 4 is 72.3 Å². The number of anilines is 2. The van der Waals surface area contributed by atoms with Crippen molar-refractivity contribution in [2.75, 3.05) is 37.8 Å². The van der Waals surface area contributed by atoms with Crippen LogP contribution < -0.4 is 10.6 Å². The number of thiazole rings is 2. The topological polar surface area (TPSA) is 70.2 Å². The molecule has 0 saturated heterocycles. The summed E-state index contributed by atoms with van der Waals surface area (Å²) >= 11 is 15.0. The van der Waals surface area contributed by atoms with Gasteiger partial charge in [0.2, 0.25) is 5.91 Å². The number of nitrogens with one attached hydrogen (secondary N) is 2. The molecule has 0 fully saturated rings. The zero-order valence-corrected chi connectivity index (χ0v) is 19.0. The van der Waals surface area contributed by atoms with Crippen molar-refractivity contribution in [1.82, 2.24) is 14.9 Å². The smallest absolute Gasteiger partial charge is 0.232 e. The lowest BCUT2D eigenvalue weighted by Gasteiger charge is -2.08. The standard InChI is InChI=1S/C18H21Cl2N5OS2/c1-4-14-13(22-17(27-14)21-5-6-25(2)3)9-16(26)24-18-23-12-7-10(19)11(20)8-15(12)28-18/h7-8H,4-6,9H2,1-3H3,(H,21,22)(H,23,24,26). The van der Waals surface area contributed by atoms with Gasteiger partial charge in [0.25, 0.3) is 0 Å². The summed E-state index contributed by atoms with van der Waals surface area (Å²) in [6, 6.07) is 3.46. The summed E-state index contributed by atoms with van der Waals surface area (Å²) in [5.74, 6) is -0.143. The van der Waals surface area contributed by atoms with Gasteiger partial charge in [-0.1, -0.05) is 41.5 Å². The maximum absolute atomic E-state index is 12.5. The molecular formula is C18H21Cl2N5OS2. The molecule has 0 aliphatic rings. The minimum Gasteiger partial charge on any atom is -0.360 e. The number of amides is 1. The van der Waals surface area contributed by atoms with Crippen LogP contribution in [0.1, 0.15) is 17.5 Å². The van der Waals surface area contributed by atoms with Crippen LogP contribution in [0.2, 0.25) is 10.0 Å². The number of carbonyl (C=O) groups is 1. The molecular weight excluding hydrogens is 437 g/mol. The Labute approximate surface area is 181 Å². The van der Waals surface area contributed by atoms with Crippen molar-refractivity contribution in [2.24, 2.45) is 0 Å². The van der Waals surface area contributed by atoms with Crippen molar-refractivity contribution in [1.29, 1.82) is 0 Å². The van der Waals surface area contributed by atoms with Crippen LogP contribution in [-0.2, 0) is 17.6 Å². The Hall–Kier alpha value is -1.45. The molecule has 0 aliphatic heterocycles. The Morgan fingerprint density at radius 3 is 2.61 bits per heavy atom. The van der Waals surface area contributed by atoms with Gasteiger partial charge in [0, 0.05) is 18.0 Å². The first kappa shape index (κ1) is 21.3. The monoisotopic (exact) mass is 457 g/mol. The predicted octanol–water partition coefficient (Wildman–Crippen LogP) is 4.78. The zero-order valence-electron chi connectivity index (χ0n) is 15.8. The van der Waals surface area contributed by atoms with Crippen molar-refractivity contribution in [3.63, 3.8) is 0 Å². The van der Waals surface area contributed by atoms with E-state index in [9.17, 15) is 4.79 Å². The number of rotatable bonds is 8. The molecule has 1 amide bonds.